The van der Waals surface area contributed by atoms with Gasteiger partial charge in [-0.1, -0.05) is 13.3 Å². The third kappa shape index (κ3) is 2.59. The van der Waals surface area contributed by atoms with E-state index in [1.54, 1.807) is 6.20 Å². The molecule has 1 heterocycles. The van der Waals surface area contributed by atoms with E-state index in [1.165, 1.54) is 6.42 Å². The van der Waals surface area contributed by atoms with Crippen molar-refractivity contribution in [3.8, 4) is 0 Å². The summed E-state index contributed by atoms with van der Waals surface area (Å²) in [6.45, 7) is 6.65. The van der Waals surface area contributed by atoms with Crippen LogP contribution in [0.3, 0.4) is 0 Å². The van der Waals surface area contributed by atoms with Gasteiger partial charge >= 0.3 is 0 Å². The van der Waals surface area contributed by atoms with Gasteiger partial charge in [-0.25, -0.2) is 4.98 Å². The Bertz CT molecular complexity index is 463. The number of hydrogen-bond donors (Lipinski definition) is 0. The van der Waals surface area contributed by atoms with Crippen LogP contribution in [0.4, 0.5) is 0 Å². The molecule has 0 spiro atoms. The summed E-state index contributed by atoms with van der Waals surface area (Å²) in [6, 6.07) is 0. The molecule has 1 saturated carbocycles. The van der Waals surface area contributed by atoms with E-state index in [2.05, 4.69) is 11.9 Å². The second kappa shape index (κ2) is 5.45. The topological polar surface area (TPSA) is 44.1 Å². The molecule has 0 N–H and O–H groups in total. The van der Waals surface area contributed by atoms with Crippen molar-refractivity contribution in [2.75, 3.05) is 6.61 Å². The number of aromatic nitrogens is 2. The lowest BCUT2D eigenvalue weighted by molar-refractivity contribution is -0.0516. The van der Waals surface area contributed by atoms with E-state index in [0.717, 1.165) is 25.1 Å². The zero-order valence-corrected chi connectivity index (χ0v) is 12.4. The number of ketones is 1. The summed E-state index contributed by atoms with van der Waals surface area (Å²) >= 11 is 0. The molecular weight excluding hydrogens is 240 g/mol. The first-order valence-corrected chi connectivity index (χ1v) is 7.17. The minimum Gasteiger partial charge on any atom is -0.367 e. The van der Waals surface area contributed by atoms with Gasteiger partial charge in [0.2, 0.25) is 5.78 Å². The number of ether oxygens (including phenoxy) is 1. The molecule has 0 aliphatic heterocycles. The molecule has 0 aromatic carbocycles. The minimum absolute atomic E-state index is 0.101. The van der Waals surface area contributed by atoms with E-state index in [-0.39, 0.29) is 5.78 Å². The van der Waals surface area contributed by atoms with Crippen LogP contribution >= 0.6 is 0 Å². The van der Waals surface area contributed by atoms with Crippen LogP contribution in [0.2, 0.25) is 0 Å². The first-order valence-electron chi connectivity index (χ1n) is 7.17. The summed E-state index contributed by atoms with van der Waals surface area (Å²) in [6.07, 6.45) is 5.58. The number of carbonyl (C=O) groups is 1. The molecule has 106 valence electrons. The summed E-state index contributed by atoms with van der Waals surface area (Å²) in [5.41, 5.74) is 0.0344. The van der Waals surface area contributed by atoms with Crippen molar-refractivity contribution >= 4 is 5.78 Å². The first-order chi connectivity index (χ1) is 9.00. The van der Waals surface area contributed by atoms with Gasteiger partial charge in [0.05, 0.1) is 6.20 Å². The average molecular weight is 264 g/mol. The highest BCUT2D eigenvalue weighted by Gasteiger charge is 2.43. The Morgan fingerprint density at radius 2 is 2.37 bits per heavy atom. The van der Waals surface area contributed by atoms with Crippen LogP contribution in [0.1, 0.15) is 55.8 Å². The Labute approximate surface area is 115 Å². The van der Waals surface area contributed by atoms with Crippen molar-refractivity contribution in [3.05, 3.63) is 17.7 Å². The van der Waals surface area contributed by atoms with E-state index in [0.29, 0.717) is 18.2 Å². The van der Waals surface area contributed by atoms with Crippen LogP contribution < -0.4 is 0 Å². The zero-order chi connectivity index (χ0) is 14.0. The molecule has 1 fully saturated rings. The van der Waals surface area contributed by atoms with Crippen molar-refractivity contribution in [2.45, 2.75) is 52.1 Å². The lowest BCUT2D eigenvalue weighted by Crippen LogP contribution is -2.46. The maximum atomic E-state index is 12.9. The molecular formula is C15H24N2O2. The molecule has 1 aromatic rings. The highest BCUT2D eigenvalue weighted by atomic mass is 16.5. The number of carbonyl (C=O) groups excluding carboxylic acids is 1. The number of aryl methyl sites for hydroxylation is 1. The molecule has 19 heavy (non-hydrogen) atoms. The van der Waals surface area contributed by atoms with Crippen LogP contribution in [-0.4, -0.2) is 27.5 Å². The second-order valence-corrected chi connectivity index (χ2v) is 5.71. The van der Waals surface area contributed by atoms with Crippen molar-refractivity contribution in [3.63, 3.8) is 0 Å². The van der Waals surface area contributed by atoms with Gasteiger partial charge in [-0.3, -0.25) is 4.79 Å². The van der Waals surface area contributed by atoms with Crippen LogP contribution in [0.25, 0.3) is 0 Å². The quantitative estimate of drug-likeness (QED) is 0.785. The summed E-state index contributed by atoms with van der Waals surface area (Å²) in [4.78, 5) is 17.1. The van der Waals surface area contributed by atoms with Crippen molar-refractivity contribution in [2.24, 2.45) is 13.0 Å². The van der Waals surface area contributed by atoms with Crippen LogP contribution in [0.5, 0.6) is 0 Å². The summed E-state index contributed by atoms with van der Waals surface area (Å²) in [5.74, 6) is 1.50. The highest BCUT2D eigenvalue weighted by molar-refractivity contribution is 6.01. The number of imidazole rings is 1. The molecule has 4 heteroatoms. The molecule has 1 aliphatic rings. The van der Waals surface area contributed by atoms with Gasteiger partial charge < -0.3 is 9.30 Å². The Balaban J connectivity index is 2.33. The molecule has 0 radical (unpaired) electrons. The van der Waals surface area contributed by atoms with Crippen molar-refractivity contribution in [1.29, 1.82) is 0 Å². The van der Waals surface area contributed by atoms with Gasteiger partial charge in [-0.05, 0) is 39.0 Å². The van der Waals surface area contributed by atoms with Gasteiger partial charge in [-0.2, -0.15) is 0 Å². The average Bonchev–Trinajstić information content (AvgIpc) is 2.69. The summed E-state index contributed by atoms with van der Waals surface area (Å²) in [7, 11) is 1.89. The van der Waals surface area contributed by atoms with Gasteiger partial charge in [0, 0.05) is 13.7 Å². The van der Waals surface area contributed by atoms with Gasteiger partial charge in [-0.15, -0.1) is 0 Å². The fourth-order valence-corrected chi connectivity index (χ4v) is 3.13. The van der Waals surface area contributed by atoms with E-state index in [4.69, 9.17) is 4.74 Å². The molecule has 4 nitrogen and oxygen atoms in total. The molecule has 2 atom stereocenters. The van der Waals surface area contributed by atoms with E-state index in [9.17, 15) is 4.79 Å². The van der Waals surface area contributed by atoms with Crippen molar-refractivity contribution < 1.29 is 9.53 Å². The molecule has 1 aromatic heterocycles. The second-order valence-electron chi connectivity index (χ2n) is 5.71. The summed E-state index contributed by atoms with van der Waals surface area (Å²) < 4.78 is 7.79. The maximum absolute atomic E-state index is 12.9. The lowest BCUT2D eigenvalue weighted by Gasteiger charge is -2.38. The number of Topliss-reactive ketones (excluding diaryl/α,β-unsaturated/α-hetero) is 1. The zero-order valence-electron chi connectivity index (χ0n) is 12.4. The van der Waals surface area contributed by atoms with E-state index >= 15 is 0 Å². The lowest BCUT2D eigenvalue weighted by atomic mass is 9.75. The third-order valence-electron chi connectivity index (χ3n) is 4.24. The number of rotatable bonds is 4. The Kier molecular flexibility index (Phi) is 4.09. The molecule has 0 bridgehead atoms. The first kappa shape index (κ1) is 14.3. The Morgan fingerprint density at radius 1 is 1.63 bits per heavy atom. The normalized spacial score (nSPS) is 27.5. The predicted octanol–water partition coefficient (Wildman–Crippen LogP) is 2.90. The van der Waals surface area contributed by atoms with Crippen LogP contribution in [0, 0.1) is 12.8 Å². The molecule has 2 rings (SSSR count). The maximum Gasteiger partial charge on any atom is 0.212 e. The molecule has 1 aliphatic carbocycles. The third-order valence-corrected chi connectivity index (χ3v) is 4.24. The Morgan fingerprint density at radius 3 is 2.89 bits per heavy atom. The summed E-state index contributed by atoms with van der Waals surface area (Å²) in [5, 5.41) is 0. The Hall–Kier alpha value is -1.16. The van der Waals surface area contributed by atoms with Gasteiger partial charge in [0.1, 0.15) is 17.1 Å². The smallest absolute Gasteiger partial charge is 0.212 e. The highest BCUT2D eigenvalue weighted by Crippen LogP contribution is 2.37. The molecule has 2 unspecified atom stereocenters. The molecule has 0 amide bonds. The number of nitrogens with zero attached hydrogens (tertiary/aromatic N) is 2. The standard InChI is InChI=1S/C15H24N2O2/c1-5-19-15(8-6-7-11(2)9-15)14(18)13-10-16-12(3)17(13)4/h10-11H,5-9H2,1-4H3. The largest absolute Gasteiger partial charge is 0.367 e. The van der Waals surface area contributed by atoms with Crippen LogP contribution in [0.15, 0.2) is 6.20 Å². The fourth-order valence-electron chi connectivity index (χ4n) is 3.13. The van der Waals surface area contributed by atoms with Gasteiger partial charge in [0.15, 0.2) is 0 Å². The minimum atomic E-state index is -0.632. The van der Waals surface area contributed by atoms with E-state index in [1.807, 2.05) is 25.5 Å². The fraction of sp³-hybridized carbons (Fsp3) is 0.733. The SMILES string of the molecule is CCOC1(C(=O)c2cnc(C)n2C)CCCC(C)C1. The monoisotopic (exact) mass is 264 g/mol. The predicted molar refractivity (Wildman–Crippen MR) is 74.3 cm³/mol. The number of hydrogen-bond acceptors (Lipinski definition) is 3. The van der Waals surface area contributed by atoms with Crippen LogP contribution in [-0.2, 0) is 11.8 Å². The van der Waals surface area contributed by atoms with E-state index < -0.39 is 5.60 Å². The van der Waals surface area contributed by atoms with Crippen molar-refractivity contribution in [1.82, 2.24) is 9.55 Å². The molecule has 0 saturated heterocycles. The van der Waals surface area contributed by atoms with Gasteiger partial charge in [0.25, 0.3) is 0 Å².